The fraction of sp³-hybridized carbons (Fsp3) is 0. The molecule has 0 aliphatic rings. The molecule has 0 heterocycles. The Hall–Kier alpha value is -1.86. The Morgan fingerprint density at radius 2 is 1.75 bits per heavy atom. The third kappa shape index (κ3) is 3.00. The summed E-state index contributed by atoms with van der Waals surface area (Å²) in [6, 6.07) is 6.42. The predicted molar refractivity (Wildman–Crippen MR) is 73.0 cm³/mol. The van der Waals surface area contributed by atoms with Crippen molar-refractivity contribution in [3.05, 3.63) is 53.1 Å². The highest BCUT2D eigenvalue weighted by Gasteiger charge is 2.16. The molecule has 2 aromatic carbocycles. The first-order chi connectivity index (χ1) is 9.29. The smallest absolute Gasteiger partial charge is 0.261 e. The van der Waals surface area contributed by atoms with Crippen LogP contribution < -0.4 is 10.5 Å². The topological polar surface area (TPSA) is 72.2 Å². The maximum Gasteiger partial charge on any atom is 0.261 e. The summed E-state index contributed by atoms with van der Waals surface area (Å²) in [5.74, 6) is -1.48. The molecule has 0 radical (unpaired) electrons. The van der Waals surface area contributed by atoms with Crippen molar-refractivity contribution in [2.24, 2.45) is 0 Å². The Kier molecular flexibility index (Phi) is 3.82. The van der Waals surface area contributed by atoms with Crippen molar-refractivity contribution < 1.29 is 17.2 Å². The van der Waals surface area contributed by atoms with Crippen LogP contribution >= 0.6 is 11.6 Å². The largest absolute Gasteiger partial charge is 0.396 e. The minimum atomic E-state index is -3.99. The van der Waals surface area contributed by atoms with Gasteiger partial charge in [0.25, 0.3) is 10.0 Å². The Balaban J connectivity index is 2.35. The van der Waals surface area contributed by atoms with Crippen molar-refractivity contribution in [3.8, 4) is 0 Å². The molecule has 0 aliphatic carbocycles. The molecular formula is C12H9ClF2N2O2S. The van der Waals surface area contributed by atoms with Crippen LogP contribution in [0.1, 0.15) is 0 Å². The van der Waals surface area contributed by atoms with Crippen LogP contribution in [0.2, 0.25) is 5.02 Å². The average molecular weight is 319 g/mol. The zero-order chi connectivity index (χ0) is 14.9. The number of sulfonamides is 1. The summed E-state index contributed by atoms with van der Waals surface area (Å²) in [4.78, 5) is -0.230. The van der Waals surface area contributed by atoms with Crippen LogP contribution in [0.3, 0.4) is 0 Å². The first kappa shape index (κ1) is 14.5. The zero-order valence-corrected chi connectivity index (χ0v) is 11.5. The molecule has 106 valence electrons. The zero-order valence-electron chi connectivity index (χ0n) is 9.90. The Bertz CT molecular complexity index is 766. The molecular weight excluding hydrogens is 310 g/mol. The number of nitrogens with two attached hydrogens (primary N) is 1. The lowest BCUT2D eigenvalue weighted by Crippen LogP contribution is -2.13. The van der Waals surface area contributed by atoms with Gasteiger partial charge in [-0.05, 0) is 36.4 Å². The molecule has 0 bridgehead atoms. The number of nitrogen functional groups attached to an aromatic ring is 1. The number of nitrogens with one attached hydrogen (secondary N) is 1. The molecule has 0 spiro atoms. The standard InChI is InChI=1S/C12H9ClF2N2O2S/c13-9-3-1-7(5-11(9)15)17-20(18,19)8-2-4-10(14)12(16)6-8/h1-6,17H,16H2. The Labute approximate surface area is 119 Å². The number of anilines is 2. The maximum absolute atomic E-state index is 13.2. The maximum atomic E-state index is 13.2. The van der Waals surface area contributed by atoms with Gasteiger partial charge < -0.3 is 5.73 Å². The summed E-state index contributed by atoms with van der Waals surface area (Å²) in [5.41, 5.74) is 5.01. The van der Waals surface area contributed by atoms with Crippen molar-refractivity contribution >= 4 is 33.0 Å². The van der Waals surface area contributed by atoms with E-state index < -0.39 is 21.7 Å². The molecule has 0 saturated carbocycles. The van der Waals surface area contributed by atoms with Crippen LogP contribution in [0.5, 0.6) is 0 Å². The molecule has 0 unspecified atom stereocenters. The highest BCUT2D eigenvalue weighted by atomic mass is 35.5. The van der Waals surface area contributed by atoms with E-state index in [-0.39, 0.29) is 21.3 Å². The normalized spacial score (nSPS) is 11.3. The Morgan fingerprint density at radius 1 is 1.05 bits per heavy atom. The minimum Gasteiger partial charge on any atom is -0.396 e. The van der Waals surface area contributed by atoms with Gasteiger partial charge in [-0.15, -0.1) is 0 Å². The minimum absolute atomic E-state index is 0.00482. The molecule has 20 heavy (non-hydrogen) atoms. The third-order valence-corrected chi connectivity index (χ3v) is 4.14. The highest BCUT2D eigenvalue weighted by molar-refractivity contribution is 7.92. The summed E-state index contributed by atoms with van der Waals surface area (Å²) >= 11 is 5.50. The van der Waals surface area contributed by atoms with Crippen LogP contribution in [-0.4, -0.2) is 8.42 Å². The van der Waals surface area contributed by atoms with Crippen molar-refractivity contribution in [2.45, 2.75) is 4.90 Å². The molecule has 2 rings (SSSR count). The number of halogens is 3. The van der Waals surface area contributed by atoms with Crippen molar-refractivity contribution in [3.63, 3.8) is 0 Å². The van der Waals surface area contributed by atoms with Crippen molar-refractivity contribution in [2.75, 3.05) is 10.5 Å². The van der Waals surface area contributed by atoms with E-state index in [1.54, 1.807) is 0 Å². The van der Waals surface area contributed by atoms with Gasteiger partial charge in [-0.3, -0.25) is 4.72 Å². The number of benzene rings is 2. The molecule has 2 aromatic rings. The van der Waals surface area contributed by atoms with E-state index in [1.807, 2.05) is 0 Å². The third-order valence-electron chi connectivity index (χ3n) is 2.45. The second kappa shape index (κ2) is 5.26. The van der Waals surface area contributed by atoms with Gasteiger partial charge in [-0.1, -0.05) is 11.6 Å². The second-order valence-corrected chi connectivity index (χ2v) is 6.01. The second-order valence-electron chi connectivity index (χ2n) is 3.92. The quantitative estimate of drug-likeness (QED) is 0.854. The lowest BCUT2D eigenvalue weighted by Gasteiger charge is -2.09. The van der Waals surface area contributed by atoms with Crippen LogP contribution in [0.25, 0.3) is 0 Å². The molecule has 4 nitrogen and oxygen atoms in total. The molecule has 0 fully saturated rings. The van der Waals surface area contributed by atoms with Gasteiger partial charge in [0.15, 0.2) is 0 Å². The van der Waals surface area contributed by atoms with Crippen LogP contribution in [0.4, 0.5) is 20.2 Å². The first-order valence-electron chi connectivity index (χ1n) is 5.32. The van der Waals surface area contributed by atoms with Crippen LogP contribution in [-0.2, 0) is 10.0 Å². The fourth-order valence-electron chi connectivity index (χ4n) is 1.46. The highest BCUT2D eigenvalue weighted by Crippen LogP contribution is 2.23. The predicted octanol–water partition coefficient (Wildman–Crippen LogP) is 3.00. The lowest BCUT2D eigenvalue weighted by molar-refractivity contribution is 0.600. The van der Waals surface area contributed by atoms with Gasteiger partial charge in [0, 0.05) is 0 Å². The van der Waals surface area contributed by atoms with E-state index in [0.29, 0.717) is 0 Å². The monoisotopic (exact) mass is 318 g/mol. The summed E-state index contributed by atoms with van der Waals surface area (Å²) in [6.45, 7) is 0. The van der Waals surface area contributed by atoms with Gasteiger partial charge in [0.2, 0.25) is 0 Å². The summed E-state index contributed by atoms with van der Waals surface area (Å²) in [7, 11) is -3.99. The molecule has 0 amide bonds. The van der Waals surface area contributed by atoms with Gasteiger partial charge in [-0.25, -0.2) is 17.2 Å². The van der Waals surface area contributed by atoms with E-state index >= 15 is 0 Å². The summed E-state index contributed by atoms with van der Waals surface area (Å²) < 4.78 is 52.4. The van der Waals surface area contributed by atoms with E-state index in [9.17, 15) is 17.2 Å². The van der Waals surface area contributed by atoms with Crippen molar-refractivity contribution in [1.82, 2.24) is 0 Å². The molecule has 0 saturated heterocycles. The van der Waals surface area contributed by atoms with Gasteiger partial charge >= 0.3 is 0 Å². The first-order valence-corrected chi connectivity index (χ1v) is 7.18. The fourth-order valence-corrected chi connectivity index (χ4v) is 2.66. The SMILES string of the molecule is Nc1cc(S(=O)(=O)Nc2ccc(Cl)c(F)c2)ccc1F. The molecule has 0 atom stereocenters. The molecule has 0 aromatic heterocycles. The number of rotatable bonds is 3. The summed E-state index contributed by atoms with van der Waals surface area (Å²) in [5, 5.41) is -0.126. The number of hydrogen-bond acceptors (Lipinski definition) is 3. The van der Waals surface area contributed by atoms with Crippen LogP contribution in [0, 0.1) is 11.6 Å². The Morgan fingerprint density at radius 3 is 2.35 bits per heavy atom. The number of hydrogen-bond donors (Lipinski definition) is 2. The average Bonchev–Trinajstić information content (AvgIpc) is 2.37. The van der Waals surface area contributed by atoms with Gasteiger partial charge in [-0.2, -0.15) is 0 Å². The van der Waals surface area contributed by atoms with E-state index in [1.165, 1.54) is 12.1 Å². The lowest BCUT2D eigenvalue weighted by atomic mass is 10.3. The summed E-state index contributed by atoms with van der Waals surface area (Å²) in [6.07, 6.45) is 0. The van der Waals surface area contributed by atoms with E-state index in [4.69, 9.17) is 17.3 Å². The van der Waals surface area contributed by atoms with E-state index in [2.05, 4.69) is 4.72 Å². The van der Waals surface area contributed by atoms with E-state index in [0.717, 1.165) is 24.3 Å². The molecule has 3 N–H and O–H groups in total. The van der Waals surface area contributed by atoms with Gasteiger partial charge in [0.05, 0.1) is 21.3 Å². The molecule has 8 heteroatoms. The van der Waals surface area contributed by atoms with Crippen LogP contribution in [0.15, 0.2) is 41.3 Å². The molecule has 0 aliphatic heterocycles. The van der Waals surface area contributed by atoms with Crippen molar-refractivity contribution in [1.29, 1.82) is 0 Å². The van der Waals surface area contributed by atoms with Gasteiger partial charge in [0.1, 0.15) is 11.6 Å².